The number of nitrogen functional groups attached to an aromatic ring is 1. The summed E-state index contributed by atoms with van der Waals surface area (Å²) in [5.41, 5.74) is 8.58. The number of nitrogens with one attached hydrogen (secondary N) is 1. The first-order chi connectivity index (χ1) is 8.06. The fourth-order valence-electron chi connectivity index (χ4n) is 1.27. The summed E-state index contributed by atoms with van der Waals surface area (Å²) in [7, 11) is 0. The Morgan fingerprint density at radius 2 is 1.94 bits per heavy atom. The Hall–Kier alpha value is -1.88. The lowest BCUT2D eigenvalue weighted by Crippen LogP contribution is -2.03. The van der Waals surface area contributed by atoms with Crippen LogP contribution in [0, 0.1) is 13.8 Å². The van der Waals surface area contributed by atoms with Crippen molar-refractivity contribution in [3.05, 3.63) is 34.6 Å². The second-order valence-corrected chi connectivity index (χ2v) is 4.08. The maximum atomic E-state index is 6.02. The molecule has 1 heterocycles. The van der Waals surface area contributed by atoms with Crippen molar-refractivity contribution in [2.45, 2.75) is 13.8 Å². The number of aryl methyl sites for hydroxylation is 2. The Labute approximate surface area is 104 Å². The first-order valence-corrected chi connectivity index (χ1v) is 5.44. The molecule has 1 aromatic carbocycles. The van der Waals surface area contributed by atoms with Gasteiger partial charge >= 0.3 is 0 Å². The second-order valence-electron chi connectivity index (χ2n) is 3.67. The van der Waals surface area contributed by atoms with E-state index in [1.807, 2.05) is 13.8 Å². The zero-order valence-electron chi connectivity index (χ0n) is 9.53. The molecule has 0 aliphatic rings. The highest BCUT2D eigenvalue weighted by molar-refractivity contribution is 6.33. The summed E-state index contributed by atoms with van der Waals surface area (Å²) in [5.74, 6) is 0.403. The maximum absolute atomic E-state index is 6.02. The van der Waals surface area contributed by atoms with Crippen molar-refractivity contribution in [3.8, 4) is 0 Å². The molecule has 0 unspecified atom stereocenters. The third kappa shape index (κ3) is 2.62. The summed E-state index contributed by atoms with van der Waals surface area (Å²) < 4.78 is 0. The van der Waals surface area contributed by atoms with E-state index in [2.05, 4.69) is 20.5 Å². The van der Waals surface area contributed by atoms with Gasteiger partial charge in [0.15, 0.2) is 0 Å². The van der Waals surface area contributed by atoms with E-state index in [4.69, 9.17) is 17.3 Å². The van der Waals surface area contributed by atoms with Gasteiger partial charge in [0.2, 0.25) is 5.95 Å². The van der Waals surface area contributed by atoms with Crippen LogP contribution in [0.2, 0.25) is 5.02 Å². The van der Waals surface area contributed by atoms with E-state index in [-0.39, 0.29) is 0 Å². The van der Waals surface area contributed by atoms with Crippen LogP contribution >= 0.6 is 11.6 Å². The maximum Gasteiger partial charge on any atom is 0.247 e. The van der Waals surface area contributed by atoms with Crippen LogP contribution in [0.25, 0.3) is 0 Å². The van der Waals surface area contributed by atoms with Crippen molar-refractivity contribution in [1.82, 2.24) is 15.2 Å². The highest BCUT2D eigenvalue weighted by Gasteiger charge is 2.05. The molecule has 0 fully saturated rings. The van der Waals surface area contributed by atoms with Gasteiger partial charge in [-0.2, -0.15) is 5.10 Å². The quantitative estimate of drug-likeness (QED) is 0.800. The van der Waals surface area contributed by atoms with Gasteiger partial charge in [-0.15, -0.1) is 5.10 Å². The first kappa shape index (κ1) is 11.6. The van der Waals surface area contributed by atoms with E-state index in [0.717, 1.165) is 11.4 Å². The molecule has 0 aliphatic carbocycles. The largest absolute Gasteiger partial charge is 0.399 e. The van der Waals surface area contributed by atoms with E-state index in [0.29, 0.717) is 22.3 Å². The second kappa shape index (κ2) is 4.55. The molecular weight excluding hydrogens is 238 g/mol. The van der Waals surface area contributed by atoms with Gasteiger partial charge < -0.3 is 11.1 Å². The summed E-state index contributed by atoms with van der Waals surface area (Å²) >= 11 is 6.02. The predicted octanol–water partition coefficient (Wildman–Crippen LogP) is 2.47. The van der Waals surface area contributed by atoms with Crippen molar-refractivity contribution < 1.29 is 0 Å². The Morgan fingerprint density at radius 1 is 1.18 bits per heavy atom. The zero-order chi connectivity index (χ0) is 12.4. The number of anilines is 3. The van der Waals surface area contributed by atoms with E-state index < -0.39 is 0 Å². The van der Waals surface area contributed by atoms with Crippen molar-refractivity contribution in [1.29, 1.82) is 0 Å². The van der Waals surface area contributed by atoms with Crippen molar-refractivity contribution in [2.75, 3.05) is 11.1 Å². The Kier molecular flexibility index (Phi) is 3.10. The van der Waals surface area contributed by atoms with Crippen molar-refractivity contribution in [2.24, 2.45) is 0 Å². The monoisotopic (exact) mass is 249 g/mol. The molecule has 3 N–H and O–H groups in total. The van der Waals surface area contributed by atoms with Crippen LogP contribution in [0.1, 0.15) is 11.4 Å². The summed E-state index contributed by atoms with van der Waals surface area (Å²) in [4.78, 5) is 4.25. The lowest BCUT2D eigenvalue weighted by atomic mass is 10.3. The fourth-order valence-corrected chi connectivity index (χ4v) is 1.43. The molecule has 0 amide bonds. The molecule has 2 rings (SSSR count). The lowest BCUT2D eigenvalue weighted by molar-refractivity contribution is 0.905. The molecule has 1 aromatic heterocycles. The van der Waals surface area contributed by atoms with Crippen LogP contribution < -0.4 is 11.1 Å². The smallest absolute Gasteiger partial charge is 0.247 e. The molecule has 0 saturated heterocycles. The summed E-state index contributed by atoms with van der Waals surface area (Å²) in [6, 6.07) is 5.17. The van der Waals surface area contributed by atoms with Crippen LogP contribution in [-0.2, 0) is 0 Å². The van der Waals surface area contributed by atoms with Gasteiger partial charge in [0.05, 0.1) is 22.1 Å². The van der Waals surface area contributed by atoms with Gasteiger partial charge in [-0.1, -0.05) is 11.6 Å². The number of nitrogens with zero attached hydrogens (tertiary/aromatic N) is 3. The Morgan fingerprint density at radius 3 is 2.65 bits per heavy atom. The van der Waals surface area contributed by atoms with Gasteiger partial charge in [0.1, 0.15) is 0 Å². The highest BCUT2D eigenvalue weighted by Crippen LogP contribution is 2.26. The number of halogens is 1. The number of aromatic nitrogens is 3. The third-order valence-corrected chi connectivity index (χ3v) is 2.66. The molecule has 88 valence electrons. The number of nitrogens with two attached hydrogens (primary N) is 1. The van der Waals surface area contributed by atoms with Crippen LogP contribution in [-0.4, -0.2) is 15.2 Å². The number of benzene rings is 1. The van der Waals surface area contributed by atoms with Crippen LogP contribution in [0.3, 0.4) is 0 Å². The van der Waals surface area contributed by atoms with Gasteiger partial charge in [-0.05, 0) is 32.0 Å². The fraction of sp³-hybridized carbons (Fsp3) is 0.182. The van der Waals surface area contributed by atoms with Crippen molar-refractivity contribution >= 4 is 28.9 Å². The van der Waals surface area contributed by atoms with Crippen LogP contribution in [0.4, 0.5) is 17.3 Å². The molecule has 0 spiro atoms. The first-order valence-electron chi connectivity index (χ1n) is 5.06. The standard InChI is InChI=1S/C11H12ClN5/c1-6-7(2)16-17-11(14-6)15-10-5-8(13)3-4-9(10)12/h3-5H,13H2,1-2H3,(H,14,15,17). The summed E-state index contributed by atoms with van der Waals surface area (Å²) in [6.07, 6.45) is 0. The Bertz CT molecular complexity index is 556. The predicted molar refractivity (Wildman–Crippen MR) is 68.4 cm³/mol. The highest BCUT2D eigenvalue weighted by atomic mass is 35.5. The normalized spacial score (nSPS) is 10.3. The minimum Gasteiger partial charge on any atom is -0.399 e. The van der Waals surface area contributed by atoms with Crippen molar-refractivity contribution in [3.63, 3.8) is 0 Å². The minimum atomic E-state index is 0.403. The van der Waals surface area contributed by atoms with E-state index >= 15 is 0 Å². The lowest BCUT2D eigenvalue weighted by Gasteiger charge is -2.08. The summed E-state index contributed by atoms with van der Waals surface area (Å²) in [5, 5.41) is 11.5. The topological polar surface area (TPSA) is 76.7 Å². The molecule has 6 heteroatoms. The van der Waals surface area contributed by atoms with Gasteiger partial charge in [-0.3, -0.25) is 0 Å². The van der Waals surface area contributed by atoms with Crippen LogP contribution in [0.15, 0.2) is 18.2 Å². The average molecular weight is 250 g/mol. The van der Waals surface area contributed by atoms with Gasteiger partial charge in [0, 0.05) is 5.69 Å². The molecule has 0 bridgehead atoms. The molecule has 0 radical (unpaired) electrons. The third-order valence-electron chi connectivity index (χ3n) is 2.33. The number of hydrogen-bond donors (Lipinski definition) is 2. The van der Waals surface area contributed by atoms with Crippen LogP contribution in [0.5, 0.6) is 0 Å². The molecule has 0 saturated carbocycles. The summed E-state index contributed by atoms with van der Waals surface area (Å²) in [6.45, 7) is 3.72. The molecule has 0 atom stereocenters. The van der Waals surface area contributed by atoms with E-state index in [9.17, 15) is 0 Å². The van der Waals surface area contributed by atoms with Gasteiger partial charge in [0.25, 0.3) is 0 Å². The average Bonchev–Trinajstić information content (AvgIpc) is 2.29. The molecule has 5 nitrogen and oxygen atoms in total. The molecule has 17 heavy (non-hydrogen) atoms. The van der Waals surface area contributed by atoms with E-state index in [1.54, 1.807) is 18.2 Å². The molecular formula is C11H12ClN5. The number of hydrogen-bond acceptors (Lipinski definition) is 5. The number of rotatable bonds is 2. The zero-order valence-corrected chi connectivity index (χ0v) is 10.3. The molecule has 0 aliphatic heterocycles. The van der Waals surface area contributed by atoms with E-state index in [1.165, 1.54) is 0 Å². The SMILES string of the molecule is Cc1nnc(Nc2cc(N)ccc2Cl)nc1C. The minimum absolute atomic E-state index is 0.403. The Balaban J connectivity index is 2.31. The van der Waals surface area contributed by atoms with Gasteiger partial charge in [-0.25, -0.2) is 4.98 Å². The molecule has 2 aromatic rings.